The number of carbonyl (C=O) groups is 3. The van der Waals surface area contributed by atoms with E-state index < -0.39 is 6.10 Å². The molecule has 0 saturated heterocycles. The van der Waals surface area contributed by atoms with Crippen molar-refractivity contribution in [3.8, 4) is 0 Å². The lowest BCUT2D eigenvalue weighted by Gasteiger charge is -2.18. The van der Waals surface area contributed by atoms with E-state index in [4.69, 9.17) is 14.2 Å². The summed E-state index contributed by atoms with van der Waals surface area (Å²) in [5.41, 5.74) is 0. The normalized spacial score (nSPS) is 12.8. The summed E-state index contributed by atoms with van der Waals surface area (Å²) in [5.74, 6) is -0.971. The van der Waals surface area contributed by atoms with Crippen molar-refractivity contribution < 1.29 is 28.6 Å². The minimum absolute atomic E-state index is 0.0979. The lowest BCUT2D eigenvalue weighted by atomic mass is 10.1. The second-order valence-electron chi connectivity index (χ2n) is 17.8. The van der Waals surface area contributed by atoms with Crippen LogP contribution in [0.4, 0.5) is 0 Å². The number of esters is 3. The Balaban J connectivity index is 4.44. The fourth-order valence-corrected chi connectivity index (χ4v) is 7.25. The predicted octanol–water partition coefficient (Wildman–Crippen LogP) is 18.1. The van der Waals surface area contributed by atoms with E-state index in [0.29, 0.717) is 19.3 Å². The first kappa shape index (κ1) is 62.3. The summed E-state index contributed by atoms with van der Waals surface area (Å²) in [6.07, 6.45) is 71.2. The fourth-order valence-electron chi connectivity index (χ4n) is 7.25. The molecule has 0 saturated carbocycles. The average Bonchev–Trinajstić information content (AvgIpc) is 3.31. The van der Waals surface area contributed by atoms with Gasteiger partial charge in [0.05, 0.1) is 0 Å². The highest BCUT2D eigenvalue weighted by molar-refractivity contribution is 5.71. The molecule has 6 heteroatoms. The molecular weight excluding hydrogens is 817 g/mol. The van der Waals surface area contributed by atoms with Crippen LogP contribution in [-0.2, 0) is 28.6 Å². The zero-order valence-corrected chi connectivity index (χ0v) is 42.9. The van der Waals surface area contributed by atoms with Crippen LogP contribution in [0.5, 0.6) is 0 Å². The van der Waals surface area contributed by atoms with E-state index in [2.05, 4.69) is 118 Å². The van der Waals surface area contributed by atoms with Gasteiger partial charge in [-0.05, 0) is 96.3 Å². The van der Waals surface area contributed by atoms with Crippen molar-refractivity contribution in [2.24, 2.45) is 0 Å². The van der Waals surface area contributed by atoms with Gasteiger partial charge in [0.2, 0.25) is 0 Å². The standard InChI is InChI=1S/C60H100O6/c1-4-7-10-13-16-19-22-24-26-27-28-29-30-31-32-33-35-36-38-41-44-47-50-53-59(62)65-56-57(55-64-58(61)52-49-46-43-40-21-18-15-12-9-6-3)66-60(63)54-51-48-45-42-39-37-34-25-23-20-17-14-11-8-5-2/h7,10,16,19,24-26,28-29,31-32,34-36,41,44,57H,4-6,8-9,11-15,17-18,20-23,27,30,33,37-40,42-43,45-56H2,1-3H3/b10-7-,19-16-,26-24-,29-28-,32-31-,34-25-,36-35-,44-41-. The Morgan fingerprint density at radius 1 is 0.318 bits per heavy atom. The third kappa shape index (κ3) is 51.3. The van der Waals surface area contributed by atoms with Crippen LogP contribution in [-0.4, -0.2) is 37.2 Å². The first-order valence-electron chi connectivity index (χ1n) is 27.2. The molecule has 0 amide bonds. The zero-order valence-electron chi connectivity index (χ0n) is 42.9. The third-order valence-electron chi connectivity index (χ3n) is 11.3. The molecule has 66 heavy (non-hydrogen) atoms. The van der Waals surface area contributed by atoms with Crippen molar-refractivity contribution in [1.82, 2.24) is 0 Å². The Bertz CT molecular complexity index is 1330. The van der Waals surface area contributed by atoms with Gasteiger partial charge in [0.25, 0.3) is 0 Å². The zero-order chi connectivity index (χ0) is 47.9. The Kier molecular flexibility index (Phi) is 50.9. The van der Waals surface area contributed by atoms with Gasteiger partial charge in [0.15, 0.2) is 6.10 Å². The summed E-state index contributed by atoms with van der Waals surface area (Å²) in [4.78, 5) is 38.0. The summed E-state index contributed by atoms with van der Waals surface area (Å²) in [7, 11) is 0. The van der Waals surface area contributed by atoms with Crippen LogP contribution < -0.4 is 0 Å². The van der Waals surface area contributed by atoms with Crippen LogP contribution in [0.2, 0.25) is 0 Å². The molecule has 0 fully saturated rings. The molecule has 0 rings (SSSR count). The van der Waals surface area contributed by atoms with Gasteiger partial charge >= 0.3 is 17.9 Å². The van der Waals surface area contributed by atoms with Gasteiger partial charge in [-0.1, -0.05) is 227 Å². The second-order valence-corrected chi connectivity index (χ2v) is 17.8. The van der Waals surface area contributed by atoms with Crippen LogP contribution in [0.15, 0.2) is 97.2 Å². The van der Waals surface area contributed by atoms with Gasteiger partial charge in [-0.25, -0.2) is 0 Å². The summed E-state index contributed by atoms with van der Waals surface area (Å²) >= 11 is 0. The molecule has 1 unspecified atom stereocenters. The van der Waals surface area contributed by atoms with Crippen LogP contribution in [0.1, 0.15) is 245 Å². The average molecular weight is 917 g/mol. The molecule has 6 nitrogen and oxygen atoms in total. The molecule has 0 radical (unpaired) electrons. The molecule has 1 atom stereocenters. The van der Waals surface area contributed by atoms with E-state index >= 15 is 0 Å². The largest absolute Gasteiger partial charge is 0.462 e. The summed E-state index contributed by atoms with van der Waals surface area (Å²) in [6.45, 7) is 6.45. The number of unbranched alkanes of at least 4 members (excludes halogenated alkanes) is 21. The number of carbonyl (C=O) groups excluding carboxylic acids is 3. The van der Waals surface area contributed by atoms with Gasteiger partial charge in [-0.15, -0.1) is 0 Å². The highest BCUT2D eigenvalue weighted by Gasteiger charge is 2.19. The van der Waals surface area contributed by atoms with Gasteiger partial charge in [-0.3, -0.25) is 14.4 Å². The van der Waals surface area contributed by atoms with E-state index in [1.54, 1.807) is 0 Å². The summed E-state index contributed by atoms with van der Waals surface area (Å²) in [6, 6.07) is 0. The molecule has 0 aliphatic carbocycles. The second kappa shape index (κ2) is 53.9. The van der Waals surface area contributed by atoms with Gasteiger partial charge in [0, 0.05) is 19.3 Å². The maximum atomic E-state index is 12.8. The van der Waals surface area contributed by atoms with Crippen molar-refractivity contribution in [2.75, 3.05) is 13.2 Å². The fraction of sp³-hybridized carbons (Fsp3) is 0.683. The Morgan fingerprint density at radius 3 is 1.00 bits per heavy atom. The van der Waals surface area contributed by atoms with Crippen molar-refractivity contribution >= 4 is 17.9 Å². The van der Waals surface area contributed by atoms with Crippen molar-refractivity contribution in [1.29, 1.82) is 0 Å². The topological polar surface area (TPSA) is 78.9 Å². The lowest BCUT2D eigenvalue weighted by molar-refractivity contribution is -0.167. The monoisotopic (exact) mass is 917 g/mol. The Morgan fingerprint density at radius 2 is 0.606 bits per heavy atom. The van der Waals surface area contributed by atoms with Crippen molar-refractivity contribution in [2.45, 2.75) is 252 Å². The predicted molar refractivity (Wildman–Crippen MR) is 284 cm³/mol. The van der Waals surface area contributed by atoms with E-state index in [0.717, 1.165) is 103 Å². The summed E-state index contributed by atoms with van der Waals surface area (Å²) < 4.78 is 16.7. The SMILES string of the molecule is CC/C=C\C/C=C\C/C=C\C/C=C\C/C=C\C/C=C\C/C=C\CCCC(=O)OCC(COC(=O)CCCCCCCCCCCC)OC(=O)CCCCCCC/C=C\CCCCCCCC. The highest BCUT2D eigenvalue weighted by atomic mass is 16.6. The number of rotatable bonds is 48. The molecule has 0 aliphatic heterocycles. The molecule has 376 valence electrons. The molecule has 0 spiro atoms. The number of hydrogen-bond acceptors (Lipinski definition) is 6. The maximum absolute atomic E-state index is 12.8. The molecular formula is C60H100O6. The molecule has 0 heterocycles. The Labute approximate surface area is 407 Å². The molecule has 0 bridgehead atoms. The van der Waals surface area contributed by atoms with Crippen molar-refractivity contribution in [3.63, 3.8) is 0 Å². The molecule has 0 aromatic rings. The summed E-state index contributed by atoms with van der Waals surface area (Å²) in [5, 5.41) is 0. The van der Waals surface area contributed by atoms with E-state index in [9.17, 15) is 14.4 Å². The van der Waals surface area contributed by atoms with E-state index in [1.807, 2.05) is 0 Å². The lowest BCUT2D eigenvalue weighted by Crippen LogP contribution is -2.30. The van der Waals surface area contributed by atoms with Crippen LogP contribution >= 0.6 is 0 Å². The number of allylic oxidation sites excluding steroid dienone is 16. The first-order chi connectivity index (χ1) is 32.5. The smallest absolute Gasteiger partial charge is 0.306 e. The molecule has 0 aliphatic rings. The van der Waals surface area contributed by atoms with E-state index in [1.165, 1.54) is 96.3 Å². The number of ether oxygens (including phenoxy) is 3. The first-order valence-corrected chi connectivity index (χ1v) is 27.2. The number of hydrogen-bond donors (Lipinski definition) is 0. The quantitative estimate of drug-likeness (QED) is 0.0262. The van der Waals surface area contributed by atoms with Crippen LogP contribution in [0.25, 0.3) is 0 Å². The third-order valence-corrected chi connectivity index (χ3v) is 11.3. The molecule has 0 N–H and O–H groups in total. The molecule has 0 aromatic carbocycles. The molecule has 0 aromatic heterocycles. The van der Waals surface area contributed by atoms with Gasteiger partial charge < -0.3 is 14.2 Å². The van der Waals surface area contributed by atoms with Crippen molar-refractivity contribution in [3.05, 3.63) is 97.2 Å². The van der Waals surface area contributed by atoms with Gasteiger partial charge in [-0.2, -0.15) is 0 Å². The Hall–Kier alpha value is -3.67. The minimum atomic E-state index is -0.803. The van der Waals surface area contributed by atoms with Crippen LogP contribution in [0.3, 0.4) is 0 Å². The minimum Gasteiger partial charge on any atom is -0.462 e. The van der Waals surface area contributed by atoms with Crippen LogP contribution in [0, 0.1) is 0 Å². The highest BCUT2D eigenvalue weighted by Crippen LogP contribution is 2.14. The maximum Gasteiger partial charge on any atom is 0.306 e. The van der Waals surface area contributed by atoms with E-state index in [-0.39, 0.29) is 37.5 Å². The van der Waals surface area contributed by atoms with Gasteiger partial charge in [0.1, 0.15) is 13.2 Å².